The lowest BCUT2D eigenvalue weighted by atomic mass is 9.98. The van der Waals surface area contributed by atoms with Crippen LogP contribution in [0.4, 0.5) is 19.0 Å². The van der Waals surface area contributed by atoms with E-state index >= 15 is 0 Å². The highest BCUT2D eigenvalue weighted by atomic mass is 32.2. The number of halogens is 3. The molecule has 0 unspecified atom stereocenters. The number of fused-ring (bicyclic) bond motifs is 1. The van der Waals surface area contributed by atoms with Crippen molar-refractivity contribution < 1.29 is 31.2 Å². The van der Waals surface area contributed by atoms with Crippen LogP contribution in [0.25, 0.3) is 22.0 Å². The number of benzene rings is 4. The zero-order chi connectivity index (χ0) is 33.6. The molecule has 0 saturated heterocycles. The number of sulfonamides is 1. The number of hydrogen-bond acceptors (Lipinski definition) is 5. The van der Waals surface area contributed by atoms with Gasteiger partial charge in [-0.25, -0.2) is 18.1 Å². The van der Waals surface area contributed by atoms with Crippen molar-refractivity contribution in [1.29, 1.82) is 0 Å². The van der Waals surface area contributed by atoms with Crippen molar-refractivity contribution in [3.8, 4) is 11.1 Å². The van der Waals surface area contributed by atoms with Crippen LogP contribution in [-0.4, -0.2) is 37.5 Å². The van der Waals surface area contributed by atoms with Crippen molar-refractivity contribution in [3.05, 3.63) is 131 Å². The van der Waals surface area contributed by atoms with Gasteiger partial charge in [0.25, 0.3) is 11.8 Å². The van der Waals surface area contributed by atoms with Crippen molar-refractivity contribution in [2.45, 2.75) is 25.6 Å². The predicted octanol–water partition coefficient (Wildman–Crippen LogP) is 6.97. The molecular formula is C35H31F3N4O4S. The van der Waals surface area contributed by atoms with Crippen molar-refractivity contribution >= 4 is 38.6 Å². The first kappa shape index (κ1) is 33.3. The molecule has 3 N–H and O–H groups in total. The summed E-state index contributed by atoms with van der Waals surface area (Å²) < 4.78 is 66.2. The van der Waals surface area contributed by atoms with E-state index in [1.54, 1.807) is 85.8 Å². The summed E-state index contributed by atoms with van der Waals surface area (Å²) in [6.45, 7) is 1.76. The van der Waals surface area contributed by atoms with Crippen molar-refractivity contribution in [2.24, 2.45) is 0 Å². The third kappa shape index (κ3) is 8.40. The van der Waals surface area contributed by atoms with Gasteiger partial charge in [0.2, 0.25) is 10.0 Å². The number of pyridine rings is 1. The third-order valence-corrected chi connectivity index (χ3v) is 8.93. The van der Waals surface area contributed by atoms with Crippen molar-refractivity contribution in [2.75, 3.05) is 17.6 Å². The Morgan fingerprint density at radius 3 is 2.23 bits per heavy atom. The maximum atomic E-state index is 13.3. The predicted molar refractivity (Wildman–Crippen MR) is 175 cm³/mol. The molecule has 0 fully saturated rings. The highest BCUT2D eigenvalue weighted by Gasteiger charge is 2.30. The Hall–Kier alpha value is -5.07. The summed E-state index contributed by atoms with van der Waals surface area (Å²) in [5.74, 6) is -0.684. The van der Waals surface area contributed by atoms with Gasteiger partial charge in [0.05, 0.1) is 22.9 Å². The first-order valence-electron chi connectivity index (χ1n) is 14.8. The topological polar surface area (TPSA) is 117 Å². The minimum atomic E-state index is -4.47. The van der Waals surface area contributed by atoms with Crippen LogP contribution >= 0.6 is 0 Å². The Morgan fingerprint density at radius 2 is 1.53 bits per heavy atom. The monoisotopic (exact) mass is 660 g/mol. The molecule has 1 aromatic heterocycles. The van der Waals surface area contributed by atoms with Crippen molar-refractivity contribution in [1.82, 2.24) is 15.0 Å². The van der Waals surface area contributed by atoms with Gasteiger partial charge in [-0.05, 0) is 71.6 Å². The molecule has 47 heavy (non-hydrogen) atoms. The SMILES string of the molecule is CCCS(=O)(=O)NC[C@@H](NC(=O)c1ccc2nc(NC(=O)c3ccccc3-c3ccc(C(F)(F)F)cc3)ccc2c1)c1ccccc1. The Kier molecular flexibility index (Phi) is 10.0. The molecule has 242 valence electrons. The molecule has 5 rings (SSSR count). The van der Waals surface area contributed by atoms with Crippen LogP contribution < -0.4 is 15.4 Å². The fraction of sp³-hybridized carbons (Fsp3) is 0.171. The molecule has 5 aromatic rings. The number of rotatable bonds is 11. The highest BCUT2D eigenvalue weighted by molar-refractivity contribution is 7.89. The molecule has 0 radical (unpaired) electrons. The number of anilines is 1. The first-order chi connectivity index (χ1) is 22.4. The molecule has 1 heterocycles. The van der Waals surface area contributed by atoms with Gasteiger partial charge in [-0.2, -0.15) is 13.2 Å². The van der Waals surface area contributed by atoms with Crippen LogP contribution in [0.3, 0.4) is 0 Å². The first-order valence-corrected chi connectivity index (χ1v) is 16.4. The molecule has 4 aromatic carbocycles. The number of nitrogens with zero attached hydrogens (tertiary/aromatic N) is 1. The summed E-state index contributed by atoms with van der Waals surface area (Å²) in [5, 5.41) is 6.29. The van der Waals surface area contributed by atoms with E-state index in [9.17, 15) is 31.2 Å². The quantitative estimate of drug-likeness (QED) is 0.141. The summed E-state index contributed by atoms with van der Waals surface area (Å²) >= 11 is 0. The van der Waals surface area contributed by atoms with Crippen LogP contribution in [0.1, 0.15) is 51.2 Å². The molecule has 0 bridgehead atoms. The van der Waals surface area contributed by atoms with E-state index in [2.05, 4.69) is 20.3 Å². The number of nitrogens with one attached hydrogen (secondary N) is 3. The minimum absolute atomic E-state index is 0.0156. The summed E-state index contributed by atoms with van der Waals surface area (Å²) in [4.78, 5) is 31.0. The second kappa shape index (κ2) is 14.1. The lowest BCUT2D eigenvalue weighted by Gasteiger charge is -2.20. The van der Waals surface area contributed by atoms with Gasteiger partial charge in [0.15, 0.2) is 0 Å². The number of amides is 2. The zero-order valence-corrected chi connectivity index (χ0v) is 26.0. The highest BCUT2D eigenvalue weighted by Crippen LogP contribution is 2.32. The van der Waals surface area contributed by atoms with Crippen LogP contribution in [0.5, 0.6) is 0 Å². The van der Waals surface area contributed by atoms with E-state index in [1.165, 1.54) is 12.1 Å². The molecule has 2 amide bonds. The van der Waals surface area contributed by atoms with E-state index in [1.807, 2.05) is 6.07 Å². The minimum Gasteiger partial charge on any atom is -0.344 e. The van der Waals surface area contributed by atoms with E-state index in [0.29, 0.717) is 34.0 Å². The number of aromatic nitrogens is 1. The van der Waals surface area contributed by atoms with E-state index in [-0.39, 0.29) is 23.7 Å². The Balaban J connectivity index is 1.31. The van der Waals surface area contributed by atoms with Gasteiger partial charge in [-0.1, -0.05) is 67.6 Å². The second-order valence-electron chi connectivity index (χ2n) is 10.8. The van der Waals surface area contributed by atoms with Gasteiger partial charge in [-0.15, -0.1) is 0 Å². The van der Waals surface area contributed by atoms with Crippen LogP contribution in [0.15, 0.2) is 109 Å². The van der Waals surface area contributed by atoms with Gasteiger partial charge < -0.3 is 10.6 Å². The molecule has 8 nitrogen and oxygen atoms in total. The molecule has 0 aliphatic carbocycles. The van der Waals surface area contributed by atoms with Gasteiger partial charge in [0, 0.05) is 23.1 Å². The Bertz CT molecular complexity index is 2000. The maximum absolute atomic E-state index is 13.3. The van der Waals surface area contributed by atoms with Gasteiger partial charge in [-0.3, -0.25) is 9.59 Å². The largest absolute Gasteiger partial charge is 0.416 e. The number of hydrogen-bond donors (Lipinski definition) is 3. The standard InChI is InChI=1S/C35H31F3N4O4S/c1-2-20-47(45,46)39-22-31(24-8-4-3-5-9-24)41-33(43)26-14-18-30-25(21-26)15-19-32(40-30)42-34(44)29-11-7-6-10-28(29)23-12-16-27(17-13-23)35(36,37)38/h3-19,21,31,39H,2,20,22H2,1H3,(H,41,43)(H,40,42,44)/t31-/m1/s1. The molecule has 0 saturated carbocycles. The Morgan fingerprint density at radius 1 is 0.830 bits per heavy atom. The maximum Gasteiger partial charge on any atom is 0.416 e. The van der Waals surface area contributed by atoms with E-state index in [0.717, 1.165) is 17.7 Å². The lowest BCUT2D eigenvalue weighted by Crippen LogP contribution is -2.38. The third-order valence-electron chi connectivity index (χ3n) is 7.38. The van der Waals surface area contributed by atoms with Crippen molar-refractivity contribution in [3.63, 3.8) is 0 Å². The van der Waals surface area contributed by atoms with Crippen LogP contribution in [0.2, 0.25) is 0 Å². The second-order valence-corrected chi connectivity index (χ2v) is 12.7. The molecule has 12 heteroatoms. The lowest BCUT2D eigenvalue weighted by molar-refractivity contribution is -0.137. The zero-order valence-electron chi connectivity index (χ0n) is 25.2. The number of carbonyl (C=O) groups is 2. The molecule has 0 spiro atoms. The van der Waals surface area contributed by atoms with Crippen LogP contribution in [0, 0.1) is 0 Å². The molecule has 0 aliphatic heterocycles. The summed E-state index contributed by atoms with van der Waals surface area (Å²) in [6.07, 6.45) is -4.01. The number of alkyl halides is 3. The summed E-state index contributed by atoms with van der Waals surface area (Å²) in [6, 6.07) is 27.8. The fourth-order valence-corrected chi connectivity index (χ4v) is 6.12. The van der Waals surface area contributed by atoms with E-state index < -0.39 is 39.6 Å². The number of carbonyl (C=O) groups excluding carboxylic acids is 2. The molecule has 0 aliphatic rings. The van der Waals surface area contributed by atoms with Crippen LogP contribution in [-0.2, 0) is 16.2 Å². The normalized spacial score (nSPS) is 12.4. The smallest absolute Gasteiger partial charge is 0.344 e. The molecule has 1 atom stereocenters. The summed E-state index contributed by atoms with van der Waals surface area (Å²) in [7, 11) is -3.49. The fourth-order valence-electron chi connectivity index (χ4n) is 5.02. The average molecular weight is 661 g/mol. The van der Waals surface area contributed by atoms with E-state index in [4.69, 9.17) is 0 Å². The van der Waals surface area contributed by atoms with Gasteiger partial charge in [0.1, 0.15) is 5.82 Å². The summed E-state index contributed by atoms with van der Waals surface area (Å²) in [5.41, 5.74) is 1.96. The Labute approximate surface area is 270 Å². The van der Waals surface area contributed by atoms with Gasteiger partial charge >= 0.3 is 6.18 Å². The molecular weight excluding hydrogens is 629 g/mol. The average Bonchev–Trinajstić information content (AvgIpc) is 3.06.